The first kappa shape index (κ1) is 14.3. The van der Waals surface area contributed by atoms with Crippen LogP contribution in [0.25, 0.3) is 0 Å². The molecule has 2 saturated heterocycles. The number of ether oxygens (including phenoxy) is 1. The van der Waals surface area contributed by atoms with Gasteiger partial charge < -0.3 is 15.0 Å². The van der Waals surface area contributed by atoms with Crippen molar-refractivity contribution in [3.63, 3.8) is 0 Å². The minimum atomic E-state index is 0.347. The molecule has 2 atom stereocenters. The third-order valence-corrected chi connectivity index (χ3v) is 4.44. The van der Waals surface area contributed by atoms with Gasteiger partial charge in [-0.3, -0.25) is 4.90 Å². The van der Waals surface area contributed by atoms with Crippen LogP contribution in [0.1, 0.15) is 20.3 Å². The highest BCUT2D eigenvalue weighted by Crippen LogP contribution is 2.30. The summed E-state index contributed by atoms with van der Waals surface area (Å²) in [6, 6.07) is 0.669. The molecule has 2 aliphatic rings. The Morgan fingerprint density at radius 3 is 2.83 bits per heavy atom. The van der Waals surface area contributed by atoms with Crippen molar-refractivity contribution in [3.05, 3.63) is 0 Å². The lowest BCUT2D eigenvalue weighted by Crippen LogP contribution is -2.55. The van der Waals surface area contributed by atoms with E-state index in [0.29, 0.717) is 11.5 Å². The molecule has 2 unspecified atom stereocenters. The van der Waals surface area contributed by atoms with Crippen molar-refractivity contribution in [1.29, 1.82) is 0 Å². The second-order valence-electron chi connectivity index (χ2n) is 6.16. The van der Waals surface area contributed by atoms with Crippen LogP contribution in [0.4, 0.5) is 0 Å². The summed E-state index contributed by atoms with van der Waals surface area (Å²) in [5.74, 6) is 0. The number of hydrogen-bond donors (Lipinski definition) is 1. The van der Waals surface area contributed by atoms with E-state index in [-0.39, 0.29) is 0 Å². The molecule has 0 amide bonds. The van der Waals surface area contributed by atoms with Gasteiger partial charge in [0.1, 0.15) is 0 Å². The Morgan fingerprint density at radius 2 is 2.22 bits per heavy atom. The van der Waals surface area contributed by atoms with Gasteiger partial charge in [-0.1, -0.05) is 6.92 Å². The van der Waals surface area contributed by atoms with E-state index in [1.54, 1.807) is 0 Å². The van der Waals surface area contributed by atoms with Gasteiger partial charge in [0.2, 0.25) is 0 Å². The fourth-order valence-electron chi connectivity index (χ4n) is 3.20. The summed E-state index contributed by atoms with van der Waals surface area (Å²) in [7, 11) is 2.22. The normalized spacial score (nSPS) is 35.2. The standard InChI is InChI=1S/C14H29N3O/c1-4-15-10-14(5-8-18-12-14)11-17-7-6-16(3)9-13(17)2/h13,15H,4-12H2,1-3H3. The Balaban J connectivity index is 1.92. The molecular formula is C14H29N3O. The average molecular weight is 255 g/mol. The second kappa shape index (κ2) is 6.33. The molecule has 2 aliphatic heterocycles. The molecule has 2 fully saturated rings. The Kier molecular flexibility index (Phi) is 5.01. The molecule has 2 rings (SSSR count). The van der Waals surface area contributed by atoms with E-state index in [1.807, 2.05) is 0 Å². The van der Waals surface area contributed by atoms with Gasteiger partial charge in [0.15, 0.2) is 0 Å². The Hall–Kier alpha value is -0.160. The van der Waals surface area contributed by atoms with E-state index in [2.05, 4.69) is 36.0 Å². The molecule has 4 nitrogen and oxygen atoms in total. The summed E-state index contributed by atoms with van der Waals surface area (Å²) in [5.41, 5.74) is 0.347. The van der Waals surface area contributed by atoms with Crippen LogP contribution in [-0.4, -0.2) is 75.4 Å². The highest BCUT2D eigenvalue weighted by atomic mass is 16.5. The van der Waals surface area contributed by atoms with Gasteiger partial charge in [0.25, 0.3) is 0 Å². The first-order valence-electron chi connectivity index (χ1n) is 7.36. The fraction of sp³-hybridized carbons (Fsp3) is 1.00. The number of nitrogens with zero attached hydrogens (tertiary/aromatic N) is 2. The van der Waals surface area contributed by atoms with Crippen molar-refractivity contribution in [2.24, 2.45) is 5.41 Å². The highest BCUT2D eigenvalue weighted by molar-refractivity contribution is 4.91. The van der Waals surface area contributed by atoms with Crippen LogP contribution >= 0.6 is 0 Å². The Morgan fingerprint density at radius 1 is 1.39 bits per heavy atom. The summed E-state index contributed by atoms with van der Waals surface area (Å²) in [6.45, 7) is 13.3. The molecule has 106 valence electrons. The van der Waals surface area contributed by atoms with E-state index in [0.717, 1.165) is 26.3 Å². The molecule has 0 aromatic rings. The van der Waals surface area contributed by atoms with Gasteiger partial charge >= 0.3 is 0 Å². The first-order valence-corrected chi connectivity index (χ1v) is 7.36. The van der Waals surface area contributed by atoms with Gasteiger partial charge in [0, 0.05) is 50.8 Å². The third-order valence-electron chi connectivity index (χ3n) is 4.44. The molecule has 1 N–H and O–H groups in total. The smallest absolute Gasteiger partial charge is 0.0547 e. The number of piperazine rings is 1. The van der Waals surface area contributed by atoms with Crippen molar-refractivity contribution in [2.75, 3.05) is 59.5 Å². The quantitative estimate of drug-likeness (QED) is 0.780. The summed E-state index contributed by atoms with van der Waals surface area (Å²) in [5, 5.41) is 3.53. The van der Waals surface area contributed by atoms with Gasteiger partial charge in [0.05, 0.1) is 6.61 Å². The van der Waals surface area contributed by atoms with Gasteiger partial charge in [-0.2, -0.15) is 0 Å². The van der Waals surface area contributed by atoms with E-state index in [9.17, 15) is 0 Å². The minimum absolute atomic E-state index is 0.347. The molecule has 0 bridgehead atoms. The molecule has 18 heavy (non-hydrogen) atoms. The second-order valence-corrected chi connectivity index (χ2v) is 6.16. The van der Waals surface area contributed by atoms with E-state index in [1.165, 1.54) is 32.6 Å². The molecular weight excluding hydrogens is 226 g/mol. The molecule has 0 aromatic heterocycles. The van der Waals surface area contributed by atoms with E-state index in [4.69, 9.17) is 4.74 Å². The zero-order valence-corrected chi connectivity index (χ0v) is 12.2. The maximum absolute atomic E-state index is 5.68. The minimum Gasteiger partial charge on any atom is -0.381 e. The summed E-state index contributed by atoms with van der Waals surface area (Å²) < 4.78 is 5.68. The molecule has 0 saturated carbocycles. The zero-order chi connectivity index (χ0) is 13.0. The van der Waals surface area contributed by atoms with Crippen LogP contribution in [0.2, 0.25) is 0 Å². The maximum Gasteiger partial charge on any atom is 0.0547 e. The topological polar surface area (TPSA) is 27.7 Å². The lowest BCUT2D eigenvalue weighted by atomic mass is 9.85. The predicted molar refractivity (Wildman–Crippen MR) is 74.9 cm³/mol. The van der Waals surface area contributed by atoms with Crippen LogP contribution in [0, 0.1) is 5.41 Å². The van der Waals surface area contributed by atoms with Crippen molar-refractivity contribution >= 4 is 0 Å². The lowest BCUT2D eigenvalue weighted by Gasteiger charge is -2.42. The number of hydrogen-bond acceptors (Lipinski definition) is 4. The molecule has 0 radical (unpaired) electrons. The predicted octanol–water partition coefficient (Wildman–Crippen LogP) is 0.639. The van der Waals surface area contributed by atoms with Crippen molar-refractivity contribution < 1.29 is 4.74 Å². The van der Waals surface area contributed by atoms with Gasteiger partial charge in [-0.25, -0.2) is 0 Å². The highest BCUT2D eigenvalue weighted by Gasteiger charge is 2.38. The van der Waals surface area contributed by atoms with Crippen LogP contribution in [0.3, 0.4) is 0 Å². The Bertz CT molecular complexity index is 253. The maximum atomic E-state index is 5.68. The van der Waals surface area contributed by atoms with Crippen LogP contribution in [-0.2, 0) is 4.74 Å². The van der Waals surface area contributed by atoms with Gasteiger partial charge in [-0.05, 0) is 26.9 Å². The molecule has 0 aromatic carbocycles. The summed E-state index contributed by atoms with van der Waals surface area (Å²) in [4.78, 5) is 5.09. The van der Waals surface area contributed by atoms with E-state index < -0.39 is 0 Å². The molecule has 2 heterocycles. The van der Waals surface area contributed by atoms with Crippen LogP contribution < -0.4 is 5.32 Å². The van der Waals surface area contributed by atoms with Crippen LogP contribution in [0.5, 0.6) is 0 Å². The van der Waals surface area contributed by atoms with Crippen molar-refractivity contribution in [1.82, 2.24) is 15.1 Å². The number of rotatable bonds is 5. The van der Waals surface area contributed by atoms with Crippen molar-refractivity contribution in [3.8, 4) is 0 Å². The molecule has 0 spiro atoms. The number of nitrogens with one attached hydrogen (secondary N) is 1. The largest absolute Gasteiger partial charge is 0.381 e. The SMILES string of the molecule is CCNCC1(CN2CCN(C)CC2C)CCOC1. The van der Waals surface area contributed by atoms with Gasteiger partial charge in [-0.15, -0.1) is 0 Å². The Labute approximate surface area is 112 Å². The van der Waals surface area contributed by atoms with Crippen LogP contribution in [0.15, 0.2) is 0 Å². The monoisotopic (exact) mass is 255 g/mol. The first-order chi connectivity index (χ1) is 8.65. The lowest BCUT2D eigenvalue weighted by molar-refractivity contribution is 0.0463. The summed E-state index contributed by atoms with van der Waals surface area (Å²) >= 11 is 0. The molecule has 0 aliphatic carbocycles. The van der Waals surface area contributed by atoms with Crippen molar-refractivity contribution in [2.45, 2.75) is 26.3 Å². The average Bonchev–Trinajstić information content (AvgIpc) is 2.80. The fourth-order valence-corrected chi connectivity index (χ4v) is 3.20. The van der Waals surface area contributed by atoms with E-state index >= 15 is 0 Å². The molecule has 4 heteroatoms. The zero-order valence-electron chi connectivity index (χ0n) is 12.2. The number of likely N-dealkylation sites (N-methyl/N-ethyl adjacent to an activating group) is 1. The third kappa shape index (κ3) is 3.44. The summed E-state index contributed by atoms with van der Waals surface area (Å²) in [6.07, 6.45) is 1.21.